The van der Waals surface area contributed by atoms with E-state index in [1.54, 1.807) is 20.8 Å². The molecule has 0 bridgehead atoms. The highest BCUT2D eigenvalue weighted by atomic mass is 16.6. The molecule has 0 saturated heterocycles. The fraction of sp³-hybridized carbons (Fsp3) is 0.471. The average Bonchev–Trinajstić information content (AvgIpc) is 2.44. The number of carboxylic acids is 1. The zero-order valence-corrected chi connectivity index (χ0v) is 14.4. The van der Waals surface area contributed by atoms with Crippen LogP contribution in [0.25, 0.3) is 0 Å². The first-order valence-corrected chi connectivity index (χ1v) is 7.58. The van der Waals surface area contributed by atoms with Crippen LogP contribution in [0.1, 0.15) is 26.3 Å². The summed E-state index contributed by atoms with van der Waals surface area (Å²) in [5.41, 5.74) is 0.146. The SMILES string of the molecule is CN(CC(=O)O)C(=O)[C@H](Cc1ccccc1)NC(=O)OC(C)(C)C. The van der Waals surface area contributed by atoms with E-state index in [9.17, 15) is 14.4 Å². The highest BCUT2D eigenvalue weighted by Crippen LogP contribution is 2.09. The number of likely N-dealkylation sites (N-methyl/N-ethyl adjacent to an activating group) is 1. The molecule has 1 atom stereocenters. The van der Waals surface area contributed by atoms with Gasteiger partial charge in [0, 0.05) is 13.5 Å². The number of rotatable bonds is 6. The number of nitrogens with one attached hydrogen (secondary N) is 1. The predicted molar refractivity (Wildman–Crippen MR) is 88.6 cm³/mol. The van der Waals surface area contributed by atoms with E-state index in [1.807, 2.05) is 30.3 Å². The Hall–Kier alpha value is -2.57. The molecule has 0 fully saturated rings. The van der Waals surface area contributed by atoms with Crippen molar-refractivity contribution in [2.45, 2.75) is 38.8 Å². The van der Waals surface area contributed by atoms with Gasteiger partial charge in [-0.15, -0.1) is 0 Å². The van der Waals surface area contributed by atoms with Crippen LogP contribution in [-0.4, -0.2) is 53.2 Å². The van der Waals surface area contributed by atoms with E-state index in [-0.39, 0.29) is 6.42 Å². The van der Waals surface area contributed by atoms with Crippen molar-refractivity contribution in [2.24, 2.45) is 0 Å². The molecule has 7 heteroatoms. The number of aliphatic carboxylic acids is 1. The predicted octanol–water partition coefficient (Wildman–Crippen LogP) is 1.67. The smallest absolute Gasteiger partial charge is 0.408 e. The number of nitrogens with zero attached hydrogens (tertiary/aromatic N) is 1. The van der Waals surface area contributed by atoms with Gasteiger partial charge in [-0.25, -0.2) is 4.79 Å². The molecule has 0 aliphatic carbocycles. The molecule has 132 valence electrons. The summed E-state index contributed by atoms with van der Waals surface area (Å²) in [5.74, 6) is -1.62. The molecule has 1 aromatic rings. The minimum absolute atomic E-state index is 0.239. The van der Waals surface area contributed by atoms with Gasteiger partial charge in [-0.1, -0.05) is 30.3 Å². The fourth-order valence-electron chi connectivity index (χ4n) is 2.05. The van der Waals surface area contributed by atoms with E-state index in [2.05, 4.69) is 5.32 Å². The molecular formula is C17H24N2O5. The summed E-state index contributed by atoms with van der Waals surface area (Å²) in [4.78, 5) is 36.3. The van der Waals surface area contributed by atoms with Crippen LogP contribution in [0.5, 0.6) is 0 Å². The van der Waals surface area contributed by atoms with Gasteiger partial charge in [0.1, 0.15) is 18.2 Å². The quantitative estimate of drug-likeness (QED) is 0.824. The standard InChI is InChI=1S/C17H24N2O5/c1-17(2,3)24-16(23)18-13(10-12-8-6-5-7-9-12)15(22)19(4)11-14(20)21/h5-9,13H,10-11H2,1-4H3,(H,18,23)(H,20,21)/t13-/m0/s1. The Kier molecular flexibility index (Phi) is 6.76. The number of hydrogen-bond donors (Lipinski definition) is 2. The van der Waals surface area contributed by atoms with Gasteiger partial charge in [-0.05, 0) is 26.3 Å². The minimum atomic E-state index is -1.12. The molecule has 0 radical (unpaired) electrons. The largest absolute Gasteiger partial charge is 0.480 e. The molecule has 24 heavy (non-hydrogen) atoms. The van der Waals surface area contributed by atoms with Gasteiger partial charge < -0.3 is 20.1 Å². The van der Waals surface area contributed by atoms with Crippen LogP contribution in [0.3, 0.4) is 0 Å². The number of ether oxygens (including phenoxy) is 1. The lowest BCUT2D eigenvalue weighted by Gasteiger charge is -2.26. The zero-order valence-electron chi connectivity index (χ0n) is 14.4. The first-order valence-electron chi connectivity index (χ1n) is 7.58. The molecule has 2 N–H and O–H groups in total. The summed E-state index contributed by atoms with van der Waals surface area (Å²) in [6.07, 6.45) is -0.483. The Morgan fingerprint density at radius 2 is 1.79 bits per heavy atom. The maximum atomic E-state index is 12.5. The van der Waals surface area contributed by atoms with Gasteiger partial charge in [0.25, 0.3) is 0 Å². The Morgan fingerprint density at radius 3 is 2.29 bits per heavy atom. The third-order valence-electron chi connectivity index (χ3n) is 3.02. The average molecular weight is 336 g/mol. The number of carbonyl (C=O) groups excluding carboxylic acids is 2. The van der Waals surface area contributed by atoms with E-state index in [4.69, 9.17) is 9.84 Å². The molecule has 2 amide bonds. The van der Waals surface area contributed by atoms with Crippen molar-refractivity contribution < 1.29 is 24.2 Å². The third kappa shape index (κ3) is 7.13. The van der Waals surface area contributed by atoms with Crippen molar-refractivity contribution >= 4 is 18.0 Å². The van der Waals surface area contributed by atoms with Crippen molar-refractivity contribution in [3.63, 3.8) is 0 Å². The lowest BCUT2D eigenvalue weighted by atomic mass is 10.0. The monoisotopic (exact) mass is 336 g/mol. The van der Waals surface area contributed by atoms with Gasteiger partial charge in [-0.2, -0.15) is 0 Å². The molecular weight excluding hydrogens is 312 g/mol. The van der Waals surface area contributed by atoms with E-state index >= 15 is 0 Å². The van der Waals surface area contributed by atoms with Gasteiger partial charge >= 0.3 is 12.1 Å². The van der Waals surface area contributed by atoms with Gasteiger partial charge in [0.2, 0.25) is 5.91 Å². The van der Waals surface area contributed by atoms with Crippen LogP contribution in [0.2, 0.25) is 0 Å². The van der Waals surface area contributed by atoms with E-state index in [1.165, 1.54) is 7.05 Å². The first-order chi connectivity index (χ1) is 11.1. The number of carboxylic acid groups (broad SMARTS) is 1. The van der Waals surface area contributed by atoms with Gasteiger partial charge in [0.15, 0.2) is 0 Å². The maximum Gasteiger partial charge on any atom is 0.408 e. The molecule has 0 aliphatic rings. The highest BCUT2D eigenvalue weighted by Gasteiger charge is 2.27. The second-order valence-corrected chi connectivity index (χ2v) is 6.48. The van der Waals surface area contributed by atoms with Crippen molar-refractivity contribution in [3.05, 3.63) is 35.9 Å². The molecule has 0 aromatic heterocycles. The number of benzene rings is 1. The molecule has 1 rings (SSSR count). The van der Waals surface area contributed by atoms with Gasteiger partial charge in [0.05, 0.1) is 0 Å². The number of amides is 2. The van der Waals surface area contributed by atoms with Crippen LogP contribution < -0.4 is 5.32 Å². The Balaban J connectivity index is 2.88. The topological polar surface area (TPSA) is 95.9 Å². The summed E-state index contributed by atoms with van der Waals surface area (Å²) in [6.45, 7) is 4.71. The van der Waals surface area contributed by atoms with Crippen molar-refractivity contribution in [3.8, 4) is 0 Å². The molecule has 7 nitrogen and oxygen atoms in total. The Morgan fingerprint density at radius 1 is 1.21 bits per heavy atom. The third-order valence-corrected chi connectivity index (χ3v) is 3.02. The lowest BCUT2D eigenvalue weighted by Crippen LogP contribution is -2.50. The zero-order chi connectivity index (χ0) is 18.3. The number of carbonyl (C=O) groups is 3. The molecule has 0 heterocycles. The number of alkyl carbamates (subject to hydrolysis) is 1. The van der Waals surface area contributed by atoms with E-state index in [0.717, 1.165) is 10.5 Å². The van der Waals surface area contributed by atoms with Crippen molar-refractivity contribution in [2.75, 3.05) is 13.6 Å². The summed E-state index contributed by atoms with van der Waals surface area (Å²) < 4.78 is 5.18. The molecule has 0 spiro atoms. The number of hydrogen-bond acceptors (Lipinski definition) is 4. The van der Waals surface area contributed by atoms with Crippen LogP contribution in [-0.2, 0) is 20.7 Å². The second kappa shape index (κ2) is 8.33. The van der Waals surface area contributed by atoms with Gasteiger partial charge in [-0.3, -0.25) is 9.59 Å². The van der Waals surface area contributed by atoms with Crippen molar-refractivity contribution in [1.82, 2.24) is 10.2 Å². The molecule has 0 unspecified atom stereocenters. The normalized spacial score (nSPS) is 12.2. The summed E-state index contributed by atoms with van der Waals surface area (Å²) >= 11 is 0. The maximum absolute atomic E-state index is 12.5. The highest BCUT2D eigenvalue weighted by molar-refractivity contribution is 5.88. The molecule has 0 aliphatic heterocycles. The minimum Gasteiger partial charge on any atom is -0.480 e. The van der Waals surface area contributed by atoms with Crippen LogP contribution in [0, 0.1) is 0 Å². The summed E-state index contributed by atoms with van der Waals surface area (Å²) in [7, 11) is 1.38. The van der Waals surface area contributed by atoms with Crippen LogP contribution in [0.4, 0.5) is 4.79 Å². The van der Waals surface area contributed by atoms with Crippen LogP contribution >= 0.6 is 0 Å². The summed E-state index contributed by atoms with van der Waals surface area (Å²) in [5, 5.41) is 11.4. The van der Waals surface area contributed by atoms with Crippen molar-refractivity contribution in [1.29, 1.82) is 0 Å². The Bertz CT molecular complexity index is 580. The van der Waals surface area contributed by atoms with E-state index < -0.39 is 36.2 Å². The van der Waals surface area contributed by atoms with E-state index in [0.29, 0.717) is 0 Å². The summed E-state index contributed by atoms with van der Waals surface area (Å²) in [6, 6.07) is 8.24. The molecule has 1 aromatic carbocycles. The van der Waals surface area contributed by atoms with Crippen LogP contribution in [0.15, 0.2) is 30.3 Å². The Labute approximate surface area is 141 Å². The fourth-order valence-corrected chi connectivity index (χ4v) is 2.05. The first kappa shape index (κ1) is 19.5. The molecule has 0 saturated carbocycles. The lowest BCUT2D eigenvalue weighted by molar-refractivity contribution is -0.144. The second-order valence-electron chi connectivity index (χ2n) is 6.48.